The van der Waals surface area contributed by atoms with E-state index in [1.54, 1.807) is 6.20 Å². The maximum Gasteiger partial charge on any atom is 0.251 e. The third-order valence-corrected chi connectivity index (χ3v) is 5.76. The van der Waals surface area contributed by atoms with Crippen LogP contribution in [0.25, 0.3) is 0 Å². The van der Waals surface area contributed by atoms with Crippen LogP contribution in [0.2, 0.25) is 0 Å². The van der Waals surface area contributed by atoms with Crippen molar-refractivity contribution < 1.29 is 9.53 Å². The Hall–Kier alpha value is -2.87. The molecule has 2 saturated heterocycles. The van der Waals surface area contributed by atoms with Gasteiger partial charge in [0.25, 0.3) is 5.91 Å². The van der Waals surface area contributed by atoms with Gasteiger partial charge in [-0.05, 0) is 30.9 Å². The second kappa shape index (κ2) is 10.4. The number of aliphatic imine (C=N–C) groups is 1. The van der Waals surface area contributed by atoms with Crippen LogP contribution in [0.3, 0.4) is 0 Å². The van der Waals surface area contributed by atoms with E-state index in [1.165, 1.54) is 11.1 Å². The summed E-state index contributed by atoms with van der Waals surface area (Å²) < 4.78 is 7.62. The standard InChI is InChI=1S/C23H32N6O2/c1-2-25-23(29-12-10-28(11-13-29)22(30)21-7-4-14-31-21)26-16-19-5-3-6-20(15-19)17-27-9-8-24-18-27/h3,5-6,8-9,15,18,21H,2,4,7,10-14,16-17H2,1H3,(H,25,26). The Morgan fingerprint density at radius 1 is 1.23 bits per heavy atom. The molecule has 0 radical (unpaired) electrons. The number of imidazole rings is 1. The summed E-state index contributed by atoms with van der Waals surface area (Å²) in [6, 6.07) is 8.52. The van der Waals surface area contributed by atoms with Gasteiger partial charge in [0.15, 0.2) is 5.96 Å². The number of piperazine rings is 1. The fourth-order valence-corrected chi connectivity index (χ4v) is 4.12. The van der Waals surface area contributed by atoms with Crippen LogP contribution in [0, 0.1) is 0 Å². The molecule has 166 valence electrons. The molecule has 0 bridgehead atoms. The maximum absolute atomic E-state index is 12.6. The van der Waals surface area contributed by atoms with Gasteiger partial charge in [-0.1, -0.05) is 24.3 Å². The molecule has 8 nitrogen and oxygen atoms in total. The highest BCUT2D eigenvalue weighted by Crippen LogP contribution is 2.16. The van der Waals surface area contributed by atoms with Crippen molar-refractivity contribution in [3.8, 4) is 0 Å². The molecule has 2 aromatic rings. The molecular weight excluding hydrogens is 392 g/mol. The molecule has 4 rings (SSSR count). The smallest absolute Gasteiger partial charge is 0.251 e. The summed E-state index contributed by atoms with van der Waals surface area (Å²) in [6.07, 6.45) is 7.20. The molecule has 1 aromatic heterocycles. The molecule has 1 amide bonds. The SMILES string of the molecule is CCNC(=NCc1cccc(Cn2ccnc2)c1)N1CCN(C(=O)C2CCCO2)CC1. The lowest BCUT2D eigenvalue weighted by Gasteiger charge is -2.37. The summed E-state index contributed by atoms with van der Waals surface area (Å²) >= 11 is 0. The normalized spacial score (nSPS) is 19.6. The van der Waals surface area contributed by atoms with E-state index in [4.69, 9.17) is 9.73 Å². The first-order chi connectivity index (χ1) is 15.2. The van der Waals surface area contributed by atoms with Gasteiger partial charge in [-0.15, -0.1) is 0 Å². The zero-order valence-corrected chi connectivity index (χ0v) is 18.2. The molecular formula is C23H32N6O2. The van der Waals surface area contributed by atoms with Crippen molar-refractivity contribution in [1.82, 2.24) is 24.7 Å². The van der Waals surface area contributed by atoms with Crippen molar-refractivity contribution in [3.63, 3.8) is 0 Å². The van der Waals surface area contributed by atoms with Gasteiger partial charge < -0.3 is 24.4 Å². The summed E-state index contributed by atoms with van der Waals surface area (Å²) in [5, 5.41) is 3.41. The van der Waals surface area contributed by atoms with Crippen molar-refractivity contribution >= 4 is 11.9 Å². The summed E-state index contributed by atoms with van der Waals surface area (Å²) in [6.45, 7) is 8.01. The van der Waals surface area contributed by atoms with Gasteiger partial charge in [-0.25, -0.2) is 9.98 Å². The molecule has 2 aliphatic rings. The molecule has 1 atom stereocenters. The second-order valence-corrected chi connectivity index (χ2v) is 8.04. The highest BCUT2D eigenvalue weighted by atomic mass is 16.5. The van der Waals surface area contributed by atoms with E-state index in [9.17, 15) is 4.79 Å². The molecule has 0 aliphatic carbocycles. The minimum Gasteiger partial charge on any atom is -0.368 e. The zero-order valence-electron chi connectivity index (χ0n) is 18.2. The van der Waals surface area contributed by atoms with Crippen LogP contribution in [0.15, 0.2) is 48.0 Å². The second-order valence-electron chi connectivity index (χ2n) is 8.04. The van der Waals surface area contributed by atoms with Gasteiger partial charge in [0.1, 0.15) is 6.10 Å². The number of nitrogens with one attached hydrogen (secondary N) is 1. The van der Waals surface area contributed by atoms with Gasteiger partial charge >= 0.3 is 0 Å². The minimum atomic E-state index is -0.233. The largest absolute Gasteiger partial charge is 0.368 e. The van der Waals surface area contributed by atoms with E-state index in [-0.39, 0.29) is 12.0 Å². The van der Waals surface area contributed by atoms with Gasteiger partial charge in [0.05, 0.1) is 12.9 Å². The van der Waals surface area contributed by atoms with Gasteiger partial charge in [0.2, 0.25) is 0 Å². The Morgan fingerprint density at radius 2 is 2.03 bits per heavy atom. The van der Waals surface area contributed by atoms with Gasteiger partial charge in [-0.2, -0.15) is 0 Å². The molecule has 1 aromatic carbocycles. The monoisotopic (exact) mass is 424 g/mol. The Morgan fingerprint density at radius 3 is 2.74 bits per heavy atom. The number of hydrogen-bond donors (Lipinski definition) is 1. The Bertz CT molecular complexity index is 868. The third-order valence-electron chi connectivity index (χ3n) is 5.76. The first-order valence-electron chi connectivity index (χ1n) is 11.2. The minimum absolute atomic E-state index is 0.147. The molecule has 3 heterocycles. The van der Waals surface area contributed by atoms with Crippen LogP contribution in [0.5, 0.6) is 0 Å². The predicted molar refractivity (Wildman–Crippen MR) is 120 cm³/mol. The molecule has 2 fully saturated rings. The number of carbonyl (C=O) groups is 1. The fraction of sp³-hybridized carbons (Fsp3) is 0.522. The van der Waals surface area contributed by atoms with Crippen molar-refractivity contribution in [2.45, 2.75) is 39.0 Å². The van der Waals surface area contributed by atoms with Crippen LogP contribution in [-0.2, 0) is 22.6 Å². The van der Waals surface area contributed by atoms with Crippen LogP contribution >= 0.6 is 0 Å². The topological polar surface area (TPSA) is 75.0 Å². The van der Waals surface area contributed by atoms with Crippen molar-refractivity contribution in [2.75, 3.05) is 39.3 Å². The number of amides is 1. The van der Waals surface area contributed by atoms with E-state index in [2.05, 4.69) is 51.0 Å². The summed E-state index contributed by atoms with van der Waals surface area (Å²) in [5.41, 5.74) is 2.41. The lowest BCUT2D eigenvalue weighted by atomic mass is 10.1. The number of guanidine groups is 1. The fourth-order valence-electron chi connectivity index (χ4n) is 4.12. The number of nitrogens with zero attached hydrogens (tertiary/aromatic N) is 5. The lowest BCUT2D eigenvalue weighted by molar-refractivity contribution is -0.142. The summed E-state index contributed by atoms with van der Waals surface area (Å²) in [7, 11) is 0. The van der Waals surface area contributed by atoms with E-state index >= 15 is 0 Å². The average molecular weight is 425 g/mol. The maximum atomic E-state index is 12.6. The number of carbonyl (C=O) groups excluding carboxylic acids is 1. The molecule has 2 aliphatic heterocycles. The zero-order chi connectivity index (χ0) is 21.5. The molecule has 8 heteroatoms. The molecule has 1 unspecified atom stereocenters. The van der Waals surface area contributed by atoms with Gasteiger partial charge in [0, 0.05) is 58.3 Å². The lowest BCUT2D eigenvalue weighted by Crippen LogP contribution is -2.55. The van der Waals surface area contributed by atoms with Gasteiger partial charge in [-0.3, -0.25) is 4.79 Å². The average Bonchev–Trinajstić information content (AvgIpc) is 3.51. The summed E-state index contributed by atoms with van der Waals surface area (Å²) in [5.74, 6) is 1.06. The molecule has 1 N–H and O–H groups in total. The Balaban J connectivity index is 1.35. The number of hydrogen-bond acceptors (Lipinski definition) is 4. The number of rotatable bonds is 6. The number of aromatic nitrogens is 2. The predicted octanol–water partition coefficient (Wildman–Crippen LogP) is 1.72. The first-order valence-corrected chi connectivity index (χ1v) is 11.2. The Labute approximate surface area is 183 Å². The van der Waals surface area contributed by atoms with E-state index in [0.717, 1.165) is 45.0 Å². The highest BCUT2D eigenvalue weighted by molar-refractivity contribution is 5.82. The summed E-state index contributed by atoms with van der Waals surface area (Å²) in [4.78, 5) is 25.8. The van der Waals surface area contributed by atoms with E-state index in [1.807, 2.05) is 17.4 Å². The van der Waals surface area contributed by atoms with E-state index < -0.39 is 0 Å². The molecule has 31 heavy (non-hydrogen) atoms. The van der Waals surface area contributed by atoms with Crippen LogP contribution in [0.1, 0.15) is 30.9 Å². The Kier molecular flexibility index (Phi) is 7.19. The quantitative estimate of drug-likeness (QED) is 0.565. The van der Waals surface area contributed by atoms with Crippen LogP contribution in [-0.4, -0.2) is 76.7 Å². The number of ether oxygens (including phenoxy) is 1. The third kappa shape index (κ3) is 5.64. The van der Waals surface area contributed by atoms with Crippen molar-refractivity contribution in [1.29, 1.82) is 0 Å². The molecule has 0 saturated carbocycles. The van der Waals surface area contributed by atoms with Crippen molar-refractivity contribution in [3.05, 3.63) is 54.1 Å². The molecule has 0 spiro atoms. The first kappa shape index (κ1) is 21.4. The van der Waals surface area contributed by atoms with E-state index in [0.29, 0.717) is 26.2 Å². The number of benzene rings is 1. The highest BCUT2D eigenvalue weighted by Gasteiger charge is 2.30. The van der Waals surface area contributed by atoms with Crippen molar-refractivity contribution in [2.24, 2.45) is 4.99 Å². The van der Waals surface area contributed by atoms with Crippen LogP contribution < -0.4 is 5.32 Å². The van der Waals surface area contributed by atoms with Crippen LogP contribution in [0.4, 0.5) is 0 Å².